The van der Waals surface area contributed by atoms with Gasteiger partial charge in [0.05, 0.1) is 12.0 Å². The Morgan fingerprint density at radius 2 is 2.35 bits per heavy atom. The van der Waals surface area contributed by atoms with E-state index in [1.165, 1.54) is 0 Å². The van der Waals surface area contributed by atoms with Gasteiger partial charge in [-0.15, -0.1) is 0 Å². The number of nitrogens with one attached hydrogen (secondary N) is 1. The highest BCUT2D eigenvalue weighted by atomic mass is 16.5. The molecule has 4 nitrogen and oxygen atoms in total. The van der Waals surface area contributed by atoms with Crippen molar-refractivity contribution in [3.63, 3.8) is 0 Å². The normalized spacial score (nSPS) is 15.4. The van der Waals surface area contributed by atoms with Crippen molar-refractivity contribution in [3.8, 4) is 11.8 Å². The van der Waals surface area contributed by atoms with Crippen LogP contribution in [-0.2, 0) is 11.2 Å². The van der Waals surface area contributed by atoms with Crippen molar-refractivity contribution < 1.29 is 9.53 Å². The molecule has 0 aliphatic carbocycles. The summed E-state index contributed by atoms with van der Waals surface area (Å²) in [6.45, 7) is 2.21. The number of anilines is 1. The highest BCUT2D eigenvalue weighted by Crippen LogP contribution is 2.26. The largest absolute Gasteiger partial charge is 0.492 e. The van der Waals surface area contributed by atoms with Crippen LogP contribution < -0.4 is 10.1 Å². The quantitative estimate of drug-likeness (QED) is 0.865. The first-order chi connectivity index (χ1) is 8.19. The summed E-state index contributed by atoms with van der Waals surface area (Å²) in [5, 5.41) is 11.5. The van der Waals surface area contributed by atoms with Gasteiger partial charge in [-0.3, -0.25) is 4.79 Å². The van der Waals surface area contributed by atoms with Crippen molar-refractivity contribution in [1.82, 2.24) is 0 Å². The zero-order chi connectivity index (χ0) is 12.3. The van der Waals surface area contributed by atoms with E-state index in [9.17, 15) is 4.79 Å². The van der Waals surface area contributed by atoms with E-state index in [-0.39, 0.29) is 11.8 Å². The second kappa shape index (κ2) is 4.88. The van der Waals surface area contributed by atoms with Gasteiger partial charge in [0.2, 0.25) is 5.91 Å². The molecule has 0 aromatic heterocycles. The molecule has 1 aromatic rings. The lowest BCUT2D eigenvalue weighted by molar-refractivity contribution is -0.116. The highest BCUT2D eigenvalue weighted by Gasteiger charge is 2.15. The molecule has 1 N–H and O–H groups in total. The van der Waals surface area contributed by atoms with Crippen molar-refractivity contribution >= 4 is 11.6 Å². The molecule has 0 saturated carbocycles. The summed E-state index contributed by atoms with van der Waals surface area (Å²) < 4.78 is 5.52. The number of nitrogens with zero attached hydrogens (tertiary/aromatic N) is 1. The zero-order valence-corrected chi connectivity index (χ0v) is 9.69. The molecule has 1 unspecified atom stereocenters. The van der Waals surface area contributed by atoms with Crippen LogP contribution in [0.1, 0.15) is 18.9 Å². The number of carbonyl (C=O) groups is 1. The third-order valence-corrected chi connectivity index (χ3v) is 2.69. The Balaban J connectivity index is 2.07. The fraction of sp³-hybridized carbons (Fsp3) is 0.385. The minimum Gasteiger partial charge on any atom is -0.492 e. The monoisotopic (exact) mass is 230 g/mol. The second-order valence-corrected chi connectivity index (χ2v) is 4.21. The molecular formula is C13H14N2O2. The predicted molar refractivity (Wildman–Crippen MR) is 63.7 cm³/mol. The Labute approximate surface area is 100 Å². The maximum Gasteiger partial charge on any atom is 0.224 e. The van der Waals surface area contributed by atoms with Gasteiger partial charge >= 0.3 is 0 Å². The van der Waals surface area contributed by atoms with Gasteiger partial charge in [-0.2, -0.15) is 5.26 Å². The van der Waals surface area contributed by atoms with E-state index in [0.29, 0.717) is 13.0 Å². The smallest absolute Gasteiger partial charge is 0.224 e. The lowest BCUT2D eigenvalue weighted by Crippen LogP contribution is -2.18. The number of hydrogen-bond donors (Lipinski definition) is 1. The Bertz CT molecular complexity index is 477. The van der Waals surface area contributed by atoms with Crippen LogP contribution in [0.25, 0.3) is 0 Å². The molecule has 2 rings (SSSR count). The van der Waals surface area contributed by atoms with Gasteiger partial charge in [0, 0.05) is 12.1 Å². The number of benzene rings is 1. The zero-order valence-electron chi connectivity index (χ0n) is 9.69. The van der Waals surface area contributed by atoms with Gasteiger partial charge in [-0.05, 0) is 37.1 Å². The molecule has 1 aliphatic heterocycles. The fourth-order valence-corrected chi connectivity index (χ4v) is 1.71. The van der Waals surface area contributed by atoms with Crippen molar-refractivity contribution in [1.29, 1.82) is 5.26 Å². The van der Waals surface area contributed by atoms with E-state index in [1.807, 2.05) is 25.1 Å². The van der Waals surface area contributed by atoms with Gasteiger partial charge in [-0.1, -0.05) is 0 Å². The number of fused-ring (bicyclic) bond motifs is 1. The highest BCUT2D eigenvalue weighted by molar-refractivity contribution is 5.93. The molecule has 0 bridgehead atoms. The van der Waals surface area contributed by atoms with Crippen LogP contribution in [0.15, 0.2) is 18.2 Å². The summed E-state index contributed by atoms with van der Waals surface area (Å²) in [5.41, 5.74) is 1.95. The molecule has 0 fully saturated rings. The summed E-state index contributed by atoms with van der Waals surface area (Å²) in [6.07, 6.45) is 1.26. The molecule has 0 spiro atoms. The van der Waals surface area contributed by atoms with E-state index in [2.05, 4.69) is 11.4 Å². The number of nitriles is 1. The van der Waals surface area contributed by atoms with Gasteiger partial charge < -0.3 is 10.1 Å². The molecule has 17 heavy (non-hydrogen) atoms. The number of aryl methyl sites for hydroxylation is 1. The number of rotatable bonds is 3. The molecule has 88 valence electrons. The number of carbonyl (C=O) groups excluding carboxylic acids is 1. The molecular weight excluding hydrogens is 216 g/mol. The maximum absolute atomic E-state index is 11.2. The predicted octanol–water partition coefficient (Wildman–Crippen LogP) is 2.11. The first kappa shape index (κ1) is 11.5. The Kier molecular flexibility index (Phi) is 3.29. The van der Waals surface area contributed by atoms with E-state index in [1.54, 1.807) is 0 Å². The summed E-state index contributed by atoms with van der Waals surface area (Å²) in [6, 6.07) is 7.71. The van der Waals surface area contributed by atoms with Crippen molar-refractivity contribution in [3.05, 3.63) is 23.8 Å². The Morgan fingerprint density at radius 1 is 1.53 bits per heavy atom. The van der Waals surface area contributed by atoms with Crippen LogP contribution in [0.2, 0.25) is 0 Å². The number of ether oxygens (including phenoxy) is 1. The lowest BCUT2D eigenvalue weighted by atomic mass is 10.0. The van der Waals surface area contributed by atoms with Gasteiger partial charge in [0.25, 0.3) is 0 Å². The van der Waals surface area contributed by atoms with Gasteiger partial charge in [-0.25, -0.2) is 0 Å². The van der Waals surface area contributed by atoms with Gasteiger partial charge in [0.15, 0.2) is 0 Å². The average Bonchev–Trinajstić information content (AvgIpc) is 2.35. The number of hydrogen-bond acceptors (Lipinski definition) is 3. The minimum atomic E-state index is -0.120. The SMILES string of the molecule is CC(C#N)COc1ccc2c(c1)CCC(=O)N2. The van der Waals surface area contributed by atoms with Crippen LogP contribution in [0.3, 0.4) is 0 Å². The van der Waals surface area contributed by atoms with Crippen molar-refractivity contribution in [2.75, 3.05) is 11.9 Å². The summed E-state index contributed by atoms with van der Waals surface area (Å²) in [7, 11) is 0. The van der Waals surface area contributed by atoms with E-state index in [0.717, 1.165) is 23.4 Å². The molecule has 1 aliphatic rings. The third-order valence-electron chi connectivity index (χ3n) is 2.69. The molecule has 0 saturated heterocycles. The van der Waals surface area contributed by atoms with Crippen LogP contribution in [-0.4, -0.2) is 12.5 Å². The van der Waals surface area contributed by atoms with E-state index < -0.39 is 0 Å². The average molecular weight is 230 g/mol. The van der Waals surface area contributed by atoms with Crippen LogP contribution >= 0.6 is 0 Å². The second-order valence-electron chi connectivity index (χ2n) is 4.21. The molecule has 4 heteroatoms. The van der Waals surface area contributed by atoms with Crippen molar-refractivity contribution in [2.45, 2.75) is 19.8 Å². The lowest BCUT2D eigenvalue weighted by Gasteiger charge is -2.17. The summed E-state index contributed by atoms with van der Waals surface area (Å²) >= 11 is 0. The third kappa shape index (κ3) is 2.76. The first-order valence-corrected chi connectivity index (χ1v) is 5.64. The molecule has 1 amide bonds. The van der Waals surface area contributed by atoms with E-state index in [4.69, 9.17) is 10.00 Å². The summed E-state index contributed by atoms with van der Waals surface area (Å²) in [4.78, 5) is 11.2. The summed E-state index contributed by atoms with van der Waals surface area (Å²) in [5.74, 6) is 0.692. The standard InChI is InChI=1S/C13H14N2O2/c1-9(7-14)8-17-11-3-4-12-10(6-11)2-5-13(16)15-12/h3-4,6,9H,2,5,8H2,1H3,(H,15,16). The Hall–Kier alpha value is -2.02. The number of amides is 1. The van der Waals surface area contributed by atoms with Crippen LogP contribution in [0.5, 0.6) is 5.75 Å². The molecule has 0 radical (unpaired) electrons. The van der Waals surface area contributed by atoms with E-state index >= 15 is 0 Å². The van der Waals surface area contributed by atoms with Crippen LogP contribution in [0, 0.1) is 17.2 Å². The Morgan fingerprint density at radius 3 is 3.12 bits per heavy atom. The maximum atomic E-state index is 11.2. The molecule has 1 heterocycles. The fourth-order valence-electron chi connectivity index (χ4n) is 1.71. The molecule has 1 aromatic carbocycles. The molecule has 1 atom stereocenters. The topological polar surface area (TPSA) is 62.1 Å². The van der Waals surface area contributed by atoms with Gasteiger partial charge in [0.1, 0.15) is 12.4 Å². The minimum absolute atomic E-state index is 0.0595. The van der Waals surface area contributed by atoms with Crippen molar-refractivity contribution in [2.24, 2.45) is 5.92 Å². The first-order valence-electron chi connectivity index (χ1n) is 5.64. The van der Waals surface area contributed by atoms with Crippen LogP contribution in [0.4, 0.5) is 5.69 Å².